The largest absolute Gasteiger partial charge is 0.472 e. The highest BCUT2D eigenvalue weighted by Crippen LogP contribution is 2.27. The summed E-state index contributed by atoms with van der Waals surface area (Å²) in [5.41, 5.74) is 1.11. The van der Waals surface area contributed by atoms with Crippen LogP contribution in [0.3, 0.4) is 0 Å². The summed E-state index contributed by atoms with van der Waals surface area (Å²) in [4.78, 5) is 0. The van der Waals surface area contributed by atoms with Crippen molar-refractivity contribution >= 4 is 0 Å². The third kappa shape index (κ3) is 2.38. The highest BCUT2D eigenvalue weighted by atomic mass is 16.3. The number of hydrogen-bond acceptors (Lipinski definition) is 2. The second kappa shape index (κ2) is 4.65. The molecular weight excluding hydrogens is 176 g/mol. The summed E-state index contributed by atoms with van der Waals surface area (Å²) in [6, 6.07) is 1.94. The Kier molecular flexibility index (Phi) is 3.25. The summed E-state index contributed by atoms with van der Waals surface area (Å²) in [7, 11) is 0. The number of aliphatic hydroxyl groups is 1. The van der Waals surface area contributed by atoms with Crippen LogP contribution in [-0.4, -0.2) is 11.2 Å². The molecule has 0 bridgehead atoms. The molecule has 1 aliphatic rings. The molecule has 2 rings (SSSR count). The zero-order chi connectivity index (χ0) is 9.80. The summed E-state index contributed by atoms with van der Waals surface area (Å²) >= 11 is 0. The normalized spacial score (nSPS) is 20.9. The van der Waals surface area contributed by atoms with Gasteiger partial charge in [0.05, 0.1) is 18.6 Å². The van der Waals surface area contributed by atoms with E-state index < -0.39 is 0 Å². The van der Waals surface area contributed by atoms with E-state index in [-0.39, 0.29) is 6.10 Å². The fraction of sp³-hybridized carbons (Fsp3) is 0.667. The Morgan fingerprint density at radius 3 is 2.79 bits per heavy atom. The predicted molar refractivity (Wildman–Crippen MR) is 55.0 cm³/mol. The monoisotopic (exact) mass is 194 g/mol. The average Bonchev–Trinajstić information content (AvgIpc) is 2.72. The Labute approximate surface area is 84.9 Å². The van der Waals surface area contributed by atoms with E-state index in [1.165, 1.54) is 32.1 Å². The summed E-state index contributed by atoms with van der Waals surface area (Å²) in [5.74, 6) is 0.513. The lowest BCUT2D eigenvalue weighted by atomic mass is 9.83. The molecule has 1 heterocycles. The molecule has 1 aromatic rings. The van der Waals surface area contributed by atoms with Gasteiger partial charge in [-0.3, -0.25) is 0 Å². The van der Waals surface area contributed by atoms with Crippen LogP contribution in [0.25, 0.3) is 0 Å². The van der Waals surface area contributed by atoms with Gasteiger partial charge in [0.1, 0.15) is 0 Å². The van der Waals surface area contributed by atoms with Crippen molar-refractivity contribution in [2.45, 2.75) is 44.6 Å². The van der Waals surface area contributed by atoms with E-state index in [1.807, 2.05) is 6.07 Å². The molecule has 14 heavy (non-hydrogen) atoms. The number of aliphatic hydroxyl groups excluding tert-OH is 1. The molecule has 1 aliphatic carbocycles. The molecule has 1 unspecified atom stereocenters. The topological polar surface area (TPSA) is 33.4 Å². The smallest absolute Gasteiger partial charge is 0.0935 e. The first kappa shape index (κ1) is 9.78. The van der Waals surface area contributed by atoms with Crippen LogP contribution in [0.2, 0.25) is 0 Å². The number of furan rings is 1. The summed E-state index contributed by atoms with van der Waals surface area (Å²) < 4.78 is 4.99. The maximum absolute atomic E-state index is 10.0. The molecule has 2 heteroatoms. The molecule has 0 amide bonds. The SMILES string of the molecule is OC(Cc1ccoc1)C1CCCCC1. The Morgan fingerprint density at radius 2 is 2.14 bits per heavy atom. The van der Waals surface area contributed by atoms with E-state index in [1.54, 1.807) is 12.5 Å². The Hall–Kier alpha value is -0.760. The summed E-state index contributed by atoms with van der Waals surface area (Å²) in [5, 5.41) is 10.0. The van der Waals surface area contributed by atoms with Crippen LogP contribution in [-0.2, 0) is 6.42 Å². The molecule has 0 spiro atoms. The molecule has 0 radical (unpaired) electrons. The quantitative estimate of drug-likeness (QED) is 0.802. The second-order valence-electron chi connectivity index (χ2n) is 4.30. The summed E-state index contributed by atoms with van der Waals surface area (Å²) in [6.45, 7) is 0. The molecule has 1 saturated carbocycles. The Bertz CT molecular complexity index is 247. The van der Waals surface area contributed by atoms with Gasteiger partial charge in [0.2, 0.25) is 0 Å². The van der Waals surface area contributed by atoms with Crippen molar-refractivity contribution in [3.8, 4) is 0 Å². The minimum absolute atomic E-state index is 0.173. The van der Waals surface area contributed by atoms with E-state index in [0.29, 0.717) is 5.92 Å². The van der Waals surface area contributed by atoms with Gasteiger partial charge in [-0.15, -0.1) is 0 Å². The van der Waals surface area contributed by atoms with Crippen LogP contribution in [0, 0.1) is 5.92 Å². The van der Waals surface area contributed by atoms with Crippen LogP contribution < -0.4 is 0 Å². The zero-order valence-corrected chi connectivity index (χ0v) is 8.48. The van der Waals surface area contributed by atoms with E-state index in [0.717, 1.165) is 12.0 Å². The fourth-order valence-electron chi connectivity index (χ4n) is 2.34. The number of rotatable bonds is 3. The van der Waals surface area contributed by atoms with Crippen LogP contribution >= 0.6 is 0 Å². The Morgan fingerprint density at radius 1 is 1.36 bits per heavy atom. The van der Waals surface area contributed by atoms with Crippen molar-refractivity contribution in [2.24, 2.45) is 5.92 Å². The number of hydrogen-bond donors (Lipinski definition) is 1. The first-order valence-corrected chi connectivity index (χ1v) is 5.55. The zero-order valence-electron chi connectivity index (χ0n) is 8.48. The molecule has 2 nitrogen and oxygen atoms in total. The van der Waals surface area contributed by atoms with Crippen molar-refractivity contribution in [2.75, 3.05) is 0 Å². The minimum atomic E-state index is -0.173. The van der Waals surface area contributed by atoms with Gasteiger partial charge in [0.15, 0.2) is 0 Å². The van der Waals surface area contributed by atoms with E-state index in [4.69, 9.17) is 4.42 Å². The molecule has 1 N–H and O–H groups in total. The predicted octanol–water partition coefficient (Wildman–Crippen LogP) is 2.76. The van der Waals surface area contributed by atoms with Gasteiger partial charge in [-0.05, 0) is 30.4 Å². The van der Waals surface area contributed by atoms with Gasteiger partial charge in [0, 0.05) is 6.42 Å². The third-order valence-electron chi connectivity index (χ3n) is 3.22. The van der Waals surface area contributed by atoms with Crippen LogP contribution in [0.1, 0.15) is 37.7 Å². The maximum Gasteiger partial charge on any atom is 0.0935 e. The van der Waals surface area contributed by atoms with Gasteiger partial charge < -0.3 is 9.52 Å². The van der Waals surface area contributed by atoms with Crippen molar-refractivity contribution < 1.29 is 9.52 Å². The molecule has 0 aromatic carbocycles. The highest BCUT2D eigenvalue weighted by molar-refractivity contribution is 5.07. The van der Waals surface area contributed by atoms with Gasteiger partial charge in [-0.1, -0.05) is 19.3 Å². The lowest BCUT2D eigenvalue weighted by molar-refractivity contribution is 0.0850. The average molecular weight is 194 g/mol. The van der Waals surface area contributed by atoms with Crippen LogP contribution in [0.4, 0.5) is 0 Å². The van der Waals surface area contributed by atoms with Gasteiger partial charge >= 0.3 is 0 Å². The summed E-state index contributed by atoms with van der Waals surface area (Å²) in [6.07, 6.45) is 10.3. The highest BCUT2D eigenvalue weighted by Gasteiger charge is 2.21. The van der Waals surface area contributed by atoms with E-state index in [2.05, 4.69) is 0 Å². The molecule has 1 aromatic heterocycles. The Balaban J connectivity index is 1.85. The molecule has 78 valence electrons. The lowest BCUT2D eigenvalue weighted by Crippen LogP contribution is -2.24. The second-order valence-corrected chi connectivity index (χ2v) is 4.30. The third-order valence-corrected chi connectivity index (χ3v) is 3.22. The van der Waals surface area contributed by atoms with Gasteiger partial charge in [-0.2, -0.15) is 0 Å². The lowest BCUT2D eigenvalue weighted by Gasteiger charge is -2.26. The standard InChI is InChI=1S/C12H18O2/c13-12(8-10-6-7-14-9-10)11-4-2-1-3-5-11/h6-7,9,11-13H,1-5,8H2. The molecule has 0 saturated heterocycles. The van der Waals surface area contributed by atoms with Crippen molar-refractivity contribution in [1.82, 2.24) is 0 Å². The minimum Gasteiger partial charge on any atom is -0.472 e. The van der Waals surface area contributed by atoms with Gasteiger partial charge in [0.25, 0.3) is 0 Å². The van der Waals surface area contributed by atoms with Crippen molar-refractivity contribution in [3.63, 3.8) is 0 Å². The van der Waals surface area contributed by atoms with Crippen molar-refractivity contribution in [3.05, 3.63) is 24.2 Å². The van der Waals surface area contributed by atoms with Crippen LogP contribution in [0.15, 0.2) is 23.0 Å². The molecule has 1 fully saturated rings. The molecule has 0 aliphatic heterocycles. The first-order chi connectivity index (χ1) is 6.86. The molecular formula is C12H18O2. The van der Waals surface area contributed by atoms with E-state index >= 15 is 0 Å². The molecule has 1 atom stereocenters. The maximum atomic E-state index is 10.0. The van der Waals surface area contributed by atoms with Crippen molar-refractivity contribution in [1.29, 1.82) is 0 Å². The first-order valence-electron chi connectivity index (χ1n) is 5.55. The van der Waals surface area contributed by atoms with Crippen LogP contribution in [0.5, 0.6) is 0 Å². The van der Waals surface area contributed by atoms with E-state index in [9.17, 15) is 5.11 Å². The van der Waals surface area contributed by atoms with Gasteiger partial charge in [-0.25, -0.2) is 0 Å². The fourth-order valence-corrected chi connectivity index (χ4v) is 2.34.